The molecule has 0 aromatic carbocycles. The lowest BCUT2D eigenvalue weighted by atomic mass is 9.71. The number of carbonyl (C=O) groups excluding carboxylic acids is 1. The van der Waals surface area contributed by atoms with Crippen LogP contribution in [-0.4, -0.2) is 46.6 Å². The Morgan fingerprint density at radius 1 is 1.57 bits per heavy atom. The van der Waals surface area contributed by atoms with Gasteiger partial charge in [-0.15, -0.1) is 0 Å². The minimum atomic E-state index is -0.657. The molecule has 114 valence electrons. The number of rotatable bonds is 2. The molecule has 2 aliphatic rings. The average molecular weight is 310 g/mol. The average Bonchev–Trinajstić information content (AvgIpc) is 2.48. The summed E-state index contributed by atoms with van der Waals surface area (Å²) in [6.45, 7) is 2.75. The van der Waals surface area contributed by atoms with E-state index in [0.29, 0.717) is 31.1 Å². The summed E-state index contributed by atoms with van der Waals surface area (Å²) in [5.74, 6) is -0.00762. The lowest BCUT2D eigenvalue weighted by molar-refractivity contribution is -0.149. The molecule has 21 heavy (non-hydrogen) atoms. The summed E-state index contributed by atoms with van der Waals surface area (Å²) in [4.78, 5) is 18.5. The van der Waals surface area contributed by atoms with E-state index >= 15 is 0 Å². The molecular weight excluding hydrogens is 290 g/mol. The first-order valence-electron chi connectivity index (χ1n) is 7.39. The van der Waals surface area contributed by atoms with E-state index in [0.717, 1.165) is 24.9 Å². The molecule has 0 aliphatic carbocycles. The first-order valence-corrected chi connectivity index (χ1v) is 7.77. The van der Waals surface area contributed by atoms with Crippen LogP contribution in [-0.2, 0) is 11.3 Å². The summed E-state index contributed by atoms with van der Waals surface area (Å²) in [5, 5.41) is 13.9. The number of aliphatic hydroxyl groups is 1. The van der Waals surface area contributed by atoms with Crippen molar-refractivity contribution in [2.24, 2.45) is 5.41 Å². The zero-order valence-corrected chi connectivity index (χ0v) is 12.6. The summed E-state index contributed by atoms with van der Waals surface area (Å²) in [5.41, 5.74) is 0.352. The maximum atomic E-state index is 12.3. The van der Waals surface area contributed by atoms with Gasteiger partial charge in [-0.05, 0) is 30.9 Å². The molecule has 0 radical (unpaired) electrons. The fraction of sp³-hybridized carbons (Fsp3) is 0.600. The maximum Gasteiger partial charge on any atom is 0.230 e. The topological polar surface area (TPSA) is 65.5 Å². The normalized spacial score (nSPS) is 30.4. The summed E-state index contributed by atoms with van der Waals surface area (Å²) in [7, 11) is 0. The Kier molecular flexibility index (Phi) is 4.15. The number of nitrogens with zero attached hydrogens (tertiary/aromatic N) is 2. The monoisotopic (exact) mass is 309 g/mol. The van der Waals surface area contributed by atoms with Crippen LogP contribution in [0.5, 0.6) is 0 Å². The number of likely N-dealkylation sites (tertiary alicyclic amines) is 1. The van der Waals surface area contributed by atoms with Crippen molar-refractivity contribution < 1.29 is 9.90 Å². The molecule has 0 unspecified atom stereocenters. The van der Waals surface area contributed by atoms with E-state index in [1.54, 1.807) is 12.4 Å². The van der Waals surface area contributed by atoms with Gasteiger partial charge in [-0.3, -0.25) is 14.7 Å². The standard InChI is InChI=1S/C15H20ClN3O2/c16-12-8-17-6-2-11(12)9-19-7-3-13(20)15(10-19)4-1-5-18-14(15)21/h2,6,8,13,20H,1,3-5,7,9-10H2,(H,18,21)/t13-,15+/m0/s1. The molecule has 2 saturated heterocycles. The number of aliphatic hydroxyl groups excluding tert-OH is 1. The Morgan fingerprint density at radius 2 is 2.43 bits per heavy atom. The molecule has 3 heterocycles. The van der Waals surface area contributed by atoms with E-state index < -0.39 is 11.5 Å². The minimum absolute atomic E-state index is 0.00762. The van der Waals surface area contributed by atoms with Gasteiger partial charge in [0.25, 0.3) is 0 Å². The molecule has 1 amide bonds. The van der Waals surface area contributed by atoms with Crippen LogP contribution in [0.3, 0.4) is 0 Å². The molecular formula is C15H20ClN3O2. The third-order valence-electron chi connectivity index (χ3n) is 4.65. The van der Waals surface area contributed by atoms with E-state index in [9.17, 15) is 9.90 Å². The molecule has 1 spiro atoms. The van der Waals surface area contributed by atoms with Crippen LogP contribution < -0.4 is 5.32 Å². The van der Waals surface area contributed by atoms with Gasteiger partial charge in [0.2, 0.25) is 5.91 Å². The van der Waals surface area contributed by atoms with Crippen LogP contribution in [0.25, 0.3) is 0 Å². The van der Waals surface area contributed by atoms with Gasteiger partial charge in [-0.25, -0.2) is 0 Å². The number of hydrogen-bond donors (Lipinski definition) is 2. The molecule has 5 nitrogen and oxygen atoms in total. The second kappa shape index (κ2) is 5.91. The number of amides is 1. The van der Waals surface area contributed by atoms with Gasteiger partial charge >= 0.3 is 0 Å². The number of halogens is 1. The maximum absolute atomic E-state index is 12.3. The third-order valence-corrected chi connectivity index (χ3v) is 4.99. The van der Waals surface area contributed by atoms with E-state index in [1.165, 1.54) is 0 Å². The first kappa shape index (κ1) is 14.8. The number of nitrogens with one attached hydrogen (secondary N) is 1. The van der Waals surface area contributed by atoms with Gasteiger partial charge in [-0.2, -0.15) is 0 Å². The fourth-order valence-corrected chi connectivity index (χ4v) is 3.62. The molecule has 2 fully saturated rings. The predicted octanol–water partition coefficient (Wildman–Crippen LogP) is 1.20. The smallest absolute Gasteiger partial charge is 0.230 e. The number of hydrogen-bond acceptors (Lipinski definition) is 4. The molecule has 2 aliphatic heterocycles. The van der Waals surface area contributed by atoms with Gasteiger partial charge in [0.05, 0.1) is 16.5 Å². The number of pyridine rings is 1. The molecule has 1 aromatic rings. The summed E-state index contributed by atoms with van der Waals surface area (Å²) in [6.07, 6.45) is 5.10. The van der Waals surface area contributed by atoms with Crippen LogP contribution in [0.1, 0.15) is 24.8 Å². The molecule has 0 bridgehead atoms. The van der Waals surface area contributed by atoms with Crippen molar-refractivity contribution in [3.63, 3.8) is 0 Å². The van der Waals surface area contributed by atoms with Gasteiger partial charge in [0.1, 0.15) is 0 Å². The zero-order chi connectivity index (χ0) is 14.9. The fourth-order valence-electron chi connectivity index (χ4n) is 3.44. The van der Waals surface area contributed by atoms with E-state index in [1.807, 2.05) is 6.07 Å². The molecule has 0 saturated carbocycles. The zero-order valence-electron chi connectivity index (χ0n) is 11.9. The number of piperidine rings is 2. The lowest BCUT2D eigenvalue weighted by Crippen LogP contribution is -2.61. The van der Waals surface area contributed by atoms with Gasteiger partial charge in [0.15, 0.2) is 0 Å². The number of carbonyl (C=O) groups is 1. The summed E-state index contributed by atoms with van der Waals surface area (Å²) in [6, 6.07) is 1.90. The Morgan fingerprint density at radius 3 is 3.19 bits per heavy atom. The SMILES string of the molecule is O=C1NCCC[C@]12CN(Cc1ccncc1Cl)CC[C@@H]2O. The molecule has 2 N–H and O–H groups in total. The largest absolute Gasteiger partial charge is 0.392 e. The first-order chi connectivity index (χ1) is 10.1. The highest BCUT2D eigenvalue weighted by atomic mass is 35.5. The van der Waals surface area contributed by atoms with Crippen LogP contribution in [0, 0.1) is 5.41 Å². The summed E-state index contributed by atoms with van der Waals surface area (Å²) >= 11 is 6.16. The molecule has 3 rings (SSSR count). The van der Waals surface area contributed by atoms with E-state index in [2.05, 4.69) is 15.2 Å². The highest BCUT2D eigenvalue weighted by molar-refractivity contribution is 6.31. The summed E-state index contributed by atoms with van der Waals surface area (Å²) < 4.78 is 0. The van der Waals surface area contributed by atoms with E-state index in [-0.39, 0.29) is 5.91 Å². The second-order valence-corrected chi connectivity index (χ2v) is 6.41. The van der Waals surface area contributed by atoms with Gasteiger partial charge in [0, 0.05) is 38.6 Å². The molecule has 6 heteroatoms. The van der Waals surface area contributed by atoms with Crippen molar-refractivity contribution in [2.75, 3.05) is 19.6 Å². The van der Waals surface area contributed by atoms with Gasteiger partial charge in [-0.1, -0.05) is 11.6 Å². The van der Waals surface area contributed by atoms with Crippen LogP contribution in [0.4, 0.5) is 0 Å². The minimum Gasteiger partial charge on any atom is -0.392 e. The van der Waals surface area contributed by atoms with Crippen molar-refractivity contribution in [1.82, 2.24) is 15.2 Å². The molecule has 2 atom stereocenters. The Hall–Kier alpha value is -1.17. The van der Waals surface area contributed by atoms with Crippen molar-refractivity contribution in [3.8, 4) is 0 Å². The molecule has 1 aromatic heterocycles. The quantitative estimate of drug-likeness (QED) is 0.861. The highest BCUT2D eigenvalue weighted by Gasteiger charge is 2.49. The van der Waals surface area contributed by atoms with Crippen LogP contribution in [0.15, 0.2) is 18.5 Å². The Labute approximate surface area is 129 Å². The highest BCUT2D eigenvalue weighted by Crippen LogP contribution is 2.37. The predicted molar refractivity (Wildman–Crippen MR) is 79.8 cm³/mol. The van der Waals surface area contributed by atoms with Crippen molar-refractivity contribution in [2.45, 2.75) is 31.9 Å². The van der Waals surface area contributed by atoms with Crippen molar-refractivity contribution in [1.29, 1.82) is 0 Å². The van der Waals surface area contributed by atoms with Crippen molar-refractivity contribution >= 4 is 17.5 Å². The van der Waals surface area contributed by atoms with Crippen LogP contribution in [0.2, 0.25) is 5.02 Å². The van der Waals surface area contributed by atoms with Gasteiger partial charge < -0.3 is 10.4 Å². The third kappa shape index (κ3) is 2.78. The van der Waals surface area contributed by atoms with Crippen LogP contribution >= 0.6 is 11.6 Å². The Balaban J connectivity index is 1.77. The van der Waals surface area contributed by atoms with Crippen molar-refractivity contribution in [3.05, 3.63) is 29.0 Å². The lowest BCUT2D eigenvalue weighted by Gasteiger charge is -2.47. The number of aromatic nitrogens is 1. The second-order valence-electron chi connectivity index (χ2n) is 6.00. The Bertz CT molecular complexity index is 539. The van der Waals surface area contributed by atoms with E-state index in [4.69, 9.17) is 11.6 Å².